The molecule has 36 heavy (non-hydrogen) atoms. The molecule has 0 spiro atoms. The summed E-state index contributed by atoms with van der Waals surface area (Å²) in [5.74, 6) is 0.704. The summed E-state index contributed by atoms with van der Waals surface area (Å²) in [5, 5.41) is 15.5. The van der Waals surface area contributed by atoms with Crippen LogP contribution in [0.25, 0.3) is 16.8 Å². The lowest BCUT2D eigenvalue weighted by atomic mass is 10.0. The molecule has 1 heterocycles. The Labute approximate surface area is 230 Å². The van der Waals surface area contributed by atoms with E-state index in [0.717, 1.165) is 30.1 Å². The minimum Gasteiger partial charge on any atom is -0.497 e. The molecule has 0 unspecified atom stereocenters. The first-order chi connectivity index (χ1) is 17.3. The predicted octanol–water partition coefficient (Wildman–Crippen LogP) is 7.30. The molecule has 0 amide bonds. The lowest BCUT2D eigenvalue weighted by Gasteiger charge is -2.10. The number of aryl methyl sites for hydroxylation is 1. The number of benzene rings is 2. The Morgan fingerprint density at radius 2 is 1.89 bits per heavy atom. The van der Waals surface area contributed by atoms with Gasteiger partial charge in [-0.15, -0.1) is 11.8 Å². The number of carbonyl (C=O) groups excluding carboxylic acids is 1. The maximum absolute atomic E-state index is 12.3. The van der Waals surface area contributed by atoms with Gasteiger partial charge in [0.25, 0.3) is 0 Å². The molecular weight excluding hydrogens is 537 g/mol. The number of aldehydes is 1. The summed E-state index contributed by atoms with van der Waals surface area (Å²) in [4.78, 5) is 17.2. The molecule has 0 fully saturated rings. The van der Waals surface area contributed by atoms with E-state index in [0.29, 0.717) is 43.3 Å². The highest BCUT2D eigenvalue weighted by Gasteiger charge is 2.20. The maximum Gasteiger partial charge on any atom is 0.189 e. The van der Waals surface area contributed by atoms with Gasteiger partial charge in [0.1, 0.15) is 11.4 Å². The fraction of sp³-hybridized carbons (Fsp3) is 0.269. The van der Waals surface area contributed by atoms with Gasteiger partial charge in [0, 0.05) is 23.5 Å². The van der Waals surface area contributed by atoms with Gasteiger partial charge < -0.3 is 9.84 Å². The van der Waals surface area contributed by atoms with Crippen LogP contribution in [-0.4, -0.2) is 52.1 Å². The number of aromatic nitrogens is 2. The van der Waals surface area contributed by atoms with Gasteiger partial charge in [0.2, 0.25) is 0 Å². The normalized spacial score (nSPS) is 11.8. The maximum atomic E-state index is 12.3. The predicted molar refractivity (Wildman–Crippen MR) is 156 cm³/mol. The molecule has 0 aliphatic carbocycles. The van der Waals surface area contributed by atoms with Crippen LogP contribution in [0.3, 0.4) is 0 Å². The average molecular weight is 567 g/mol. The highest BCUT2D eigenvalue weighted by Crippen LogP contribution is 2.32. The van der Waals surface area contributed by atoms with Gasteiger partial charge in [-0.1, -0.05) is 67.0 Å². The van der Waals surface area contributed by atoms with E-state index in [-0.39, 0.29) is 0 Å². The minimum atomic E-state index is 0.364. The molecule has 1 aromatic heterocycles. The van der Waals surface area contributed by atoms with Gasteiger partial charge in [-0.25, -0.2) is 9.67 Å². The number of aliphatic imine (C=N–C) groups is 1. The lowest BCUT2D eigenvalue weighted by molar-refractivity contribution is 0.111. The smallest absolute Gasteiger partial charge is 0.189 e. The average Bonchev–Trinajstić information content (AvgIpc) is 3.22. The molecule has 0 radical (unpaired) electrons. The van der Waals surface area contributed by atoms with Crippen molar-refractivity contribution in [2.24, 2.45) is 4.99 Å². The molecule has 2 aromatic carbocycles. The molecule has 192 valence electrons. The first kappa shape index (κ1) is 30.0. The third-order valence-electron chi connectivity index (χ3n) is 4.81. The van der Waals surface area contributed by atoms with Crippen molar-refractivity contribution in [3.8, 4) is 16.9 Å². The summed E-state index contributed by atoms with van der Waals surface area (Å²) in [5.41, 5.74) is 4.25. The Morgan fingerprint density at radius 3 is 2.47 bits per heavy atom. The number of halogens is 2. The fourth-order valence-electron chi connectivity index (χ4n) is 3.23. The molecule has 10 heteroatoms. The Balaban J connectivity index is 0.00000222. The zero-order chi connectivity index (χ0) is 26.8. The second kappa shape index (κ2) is 14.5. The third kappa shape index (κ3) is 7.40. The Bertz CT molecular complexity index is 1260. The second-order valence-corrected chi connectivity index (χ2v) is 10.6. The number of aliphatic hydroxyl groups is 1. The van der Waals surface area contributed by atoms with Crippen molar-refractivity contribution in [3.63, 3.8) is 0 Å². The summed E-state index contributed by atoms with van der Waals surface area (Å²) in [6, 6.07) is 13.0. The number of ether oxygens (including phenoxy) is 1. The van der Waals surface area contributed by atoms with Crippen LogP contribution in [0.4, 0.5) is 0 Å². The van der Waals surface area contributed by atoms with E-state index in [9.17, 15) is 4.79 Å². The summed E-state index contributed by atoms with van der Waals surface area (Å²) in [7, 11) is 2.61. The number of hydrogen-bond donors (Lipinski definition) is 1. The fourth-order valence-corrected chi connectivity index (χ4v) is 4.62. The summed E-state index contributed by atoms with van der Waals surface area (Å²) >= 11 is 15.4. The van der Waals surface area contributed by atoms with Crippen molar-refractivity contribution in [1.82, 2.24) is 9.78 Å². The van der Waals surface area contributed by atoms with E-state index in [1.165, 1.54) is 11.8 Å². The number of methoxy groups -OCH3 is 1. The minimum absolute atomic E-state index is 0.364. The van der Waals surface area contributed by atoms with Crippen LogP contribution in [0, 0.1) is 6.92 Å². The van der Waals surface area contributed by atoms with Crippen molar-refractivity contribution < 1.29 is 14.6 Å². The van der Waals surface area contributed by atoms with E-state index in [1.807, 2.05) is 48.9 Å². The number of hydrogen-bond acceptors (Lipinski definition) is 7. The van der Waals surface area contributed by atoms with E-state index in [2.05, 4.69) is 18.9 Å². The number of aliphatic hydroxyl groups excluding tert-OH is 1. The number of carbonyl (C=O) groups is 1. The second-order valence-electron chi connectivity index (χ2n) is 7.52. The first-order valence-electron chi connectivity index (χ1n) is 10.9. The standard InChI is InChI=1S/C25H25Cl2N3O2S2.CH4O/c1-15(2)34-14-22(17-9-10-20(26)21(27)12-17)28-25(33-5)30-23(13-31)24(16(3)29-30)18-7-6-8-19(11-18)32-4;1-2/h6-15H,1-5H3;2H,1H3/b22-14+,28-25?;. The first-order valence-corrected chi connectivity index (χ1v) is 13.8. The molecule has 6 nitrogen and oxygen atoms in total. The van der Waals surface area contributed by atoms with Crippen molar-refractivity contribution in [1.29, 1.82) is 0 Å². The molecule has 0 saturated carbocycles. The molecule has 3 rings (SSSR count). The van der Waals surface area contributed by atoms with Crippen molar-refractivity contribution in [3.05, 3.63) is 74.9 Å². The van der Waals surface area contributed by atoms with Gasteiger partial charge in [0.05, 0.1) is 28.5 Å². The molecule has 0 bridgehead atoms. The van der Waals surface area contributed by atoms with Crippen molar-refractivity contribution in [2.75, 3.05) is 20.5 Å². The molecule has 1 N–H and O–H groups in total. The number of nitrogens with zero attached hydrogens (tertiary/aromatic N) is 3. The van der Waals surface area contributed by atoms with E-state index >= 15 is 0 Å². The van der Waals surface area contributed by atoms with Gasteiger partial charge >= 0.3 is 0 Å². The SMILES string of the molecule is CO.COc1cccc(-c2c(C)nn(C(=N/C(=C/SC(C)C)c3ccc(Cl)c(Cl)c3)SC)c2C=O)c1. The van der Waals surface area contributed by atoms with E-state index in [1.54, 1.807) is 35.7 Å². The Kier molecular flexibility index (Phi) is 12.1. The lowest BCUT2D eigenvalue weighted by Crippen LogP contribution is -2.13. The summed E-state index contributed by atoms with van der Waals surface area (Å²) in [6.45, 7) is 6.09. The van der Waals surface area contributed by atoms with Crippen LogP contribution in [-0.2, 0) is 0 Å². The molecule has 0 aliphatic rings. The van der Waals surface area contributed by atoms with Crippen molar-refractivity contribution >= 4 is 63.9 Å². The van der Waals surface area contributed by atoms with Crippen molar-refractivity contribution in [2.45, 2.75) is 26.0 Å². The zero-order valence-electron chi connectivity index (χ0n) is 21.0. The van der Waals surface area contributed by atoms with Gasteiger partial charge in [0.15, 0.2) is 11.5 Å². The monoisotopic (exact) mass is 565 g/mol. The van der Waals surface area contributed by atoms with Gasteiger partial charge in [-0.2, -0.15) is 5.10 Å². The topological polar surface area (TPSA) is 76.7 Å². The van der Waals surface area contributed by atoms with Crippen LogP contribution in [0.5, 0.6) is 5.75 Å². The molecule has 3 aromatic rings. The molecular formula is C26H29Cl2N3O3S2. The Morgan fingerprint density at radius 1 is 1.17 bits per heavy atom. The van der Waals surface area contributed by atoms with Crippen LogP contribution in [0.2, 0.25) is 10.0 Å². The zero-order valence-corrected chi connectivity index (χ0v) is 24.1. The van der Waals surface area contributed by atoms with Gasteiger partial charge in [-0.05, 0) is 48.4 Å². The molecule has 0 aliphatic heterocycles. The largest absolute Gasteiger partial charge is 0.497 e. The number of rotatable bonds is 7. The number of thioether (sulfide) groups is 2. The molecule has 0 saturated heterocycles. The molecule has 0 atom stereocenters. The summed E-state index contributed by atoms with van der Waals surface area (Å²) in [6.07, 6.45) is 2.71. The summed E-state index contributed by atoms with van der Waals surface area (Å²) < 4.78 is 6.95. The quantitative estimate of drug-likeness (QED) is 0.184. The van der Waals surface area contributed by atoms with Crippen LogP contribution < -0.4 is 4.74 Å². The highest BCUT2D eigenvalue weighted by molar-refractivity contribution is 8.13. The highest BCUT2D eigenvalue weighted by atomic mass is 35.5. The third-order valence-corrected chi connectivity index (χ3v) is 7.09. The van der Waals surface area contributed by atoms with E-state index in [4.69, 9.17) is 38.0 Å². The van der Waals surface area contributed by atoms with Crippen LogP contribution in [0.1, 0.15) is 35.6 Å². The van der Waals surface area contributed by atoms with Crippen LogP contribution >= 0.6 is 46.7 Å². The van der Waals surface area contributed by atoms with Gasteiger partial charge in [-0.3, -0.25) is 4.79 Å². The van der Waals surface area contributed by atoms with E-state index < -0.39 is 0 Å². The Hall–Kier alpha value is -2.23. The van der Waals surface area contributed by atoms with Crippen LogP contribution in [0.15, 0.2) is 52.9 Å².